The minimum atomic E-state index is 0.755. The summed E-state index contributed by atoms with van der Waals surface area (Å²) in [5.74, 6) is 1.68. The molecule has 0 unspecified atom stereocenters. The van der Waals surface area contributed by atoms with Gasteiger partial charge in [-0.3, -0.25) is 0 Å². The second kappa shape index (κ2) is 5.67. The van der Waals surface area contributed by atoms with Crippen LogP contribution >= 0.6 is 22.9 Å². The quantitative estimate of drug-likeness (QED) is 0.914. The fourth-order valence-corrected chi connectivity index (χ4v) is 2.77. The molecule has 2 aromatic rings. The number of hydrogen-bond donors (Lipinski definition) is 1. The number of thiophene rings is 1. The van der Waals surface area contributed by atoms with Gasteiger partial charge in [0.05, 0.1) is 9.21 Å². The van der Waals surface area contributed by atoms with E-state index in [0.29, 0.717) is 0 Å². The third-order valence-corrected chi connectivity index (χ3v) is 3.95. The van der Waals surface area contributed by atoms with Gasteiger partial charge in [0.1, 0.15) is 5.82 Å². The molecule has 0 aromatic carbocycles. The van der Waals surface area contributed by atoms with E-state index in [1.54, 1.807) is 0 Å². The Kier molecular flexibility index (Phi) is 4.19. The summed E-state index contributed by atoms with van der Waals surface area (Å²) in [6.07, 6.45) is 0.902. The predicted molar refractivity (Wildman–Crippen MR) is 78.6 cm³/mol. The second-order valence-electron chi connectivity index (χ2n) is 3.96. The molecule has 0 bridgehead atoms. The summed E-state index contributed by atoms with van der Waals surface area (Å²) in [7, 11) is 0. The smallest absolute Gasteiger partial charge is 0.171 e. The lowest BCUT2D eigenvalue weighted by Gasteiger charge is -2.11. The fourth-order valence-electron chi connectivity index (χ4n) is 1.79. The van der Waals surface area contributed by atoms with E-state index in [9.17, 15) is 0 Å². The average molecular weight is 282 g/mol. The van der Waals surface area contributed by atoms with Gasteiger partial charge in [-0.15, -0.1) is 11.3 Å². The van der Waals surface area contributed by atoms with Gasteiger partial charge in [0.25, 0.3) is 0 Å². The van der Waals surface area contributed by atoms with Gasteiger partial charge in [0.15, 0.2) is 5.82 Å². The molecule has 2 heterocycles. The third kappa shape index (κ3) is 2.65. The first-order valence-corrected chi connectivity index (χ1v) is 7.22. The van der Waals surface area contributed by atoms with Crippen LogP contribution in [0.5, 0.6) is 0 Å². The van der Waals surface area contributed by atoms with Crippen molar-refractivity contribution in [3.63, 3.8) is 0 Å². The van der Waals surface area contributed by atoms with E-state index in [-0.39, 0.29) is 0 Å². The Labute approximate surface area is 116 Å². The molecule has 2 rings (SSSR count). The summed E-state index contributed by atoms with van der Waals surface area (Å²) in [6.45, 7) is 7.08. The molecule has 0 fully saturated rings. The van der Waals surface area contributed by atoms with Gasteiger partial charge in [0, 0.05) is 17.8 Å². The van der Waals surface area contributed by atoms with Crippen LogP contribution in [0.25, 0.3) is 10.7 Å². The molecule has 0 radical (unpaired) electrons. The van der Waals surface area contributed by atoms with Crippen LogP contribution in [0.15, 0.2) is 12.1 Å². The first-order valence-electron chi connectivity index (χ1n) is 6.02. The van der Waals surface area contributed by atoms with Crippen LogP contribution in [0.4, 0.5) is 5.82 Å². The molecule has 0 spiro atoms. The van der Waals surface area contributed by atoms with Crippen molar-refractivity contribution >= 4 is 28.8 Å². The molecule has 0 atom stereocenters. The van der Waals surface area contributed by atoms with Gasteiger partial charge in [-0.1, -0.05) is 18.5 Å². The van der Waals surface area contributed by atoms with Crippen LogP contribution in [0, 0.1) is 6.92 Å². The van der Waals surface area contributed by atoms with Crippen LogP contribution in [0.3, 0.4) is 0 Å². The SMILES string of the molecule is CCNc1nc(-c2ccc(Cl)s2)nc(CC)c1C. The van der Waals surface area contributed by atoms with Crippen molar-refractivity contribution in [2.75, 3.05) is 11.9 Å². The van der Waals surface area contributed by atoms with Crippen LogP contribution in [0.2, 0.25) is 4.34 Å². The number of nitrogens with zero attached hydrogens (tertiary/aromatic N) is 2. The van der Waals surface area contributed by atoms with Crippen molar-refractivity contribution in [1.82, 2.24) is 9.97 Å². The number of halogens is 1. The fraction of sp³-hybridized carbons (Fsp3) is 0.385. The van der Waals surface area contributed by atoms with Crippen molar-refractivity contribution in [1.29, 1.82) is 0 Å². The lowest BCUT2D eigenvalue weighted by atomic mass is 10.2. The Morgan fingerprint density at radius 2 is 2.06 bits per heavy atom. The van der Waals surface area contributed by atoms with Crippen molar-refractivity contribution < 1.29 is 0 Å². The maximum Gasteiger partial charge on any atom is 0.171 e. The standard InChI is InChI=1S/C13H16ClN3S/c1-4-9-8(3)12(15-5-2)17-13(16-9)10-6-7-11(14)18-10/h6-7H,4-5H2,1-3H3,(H,15,16,17). The summed E-state index contributed by atoms with van der Waals surface area (Å²) in [4.78, 5) is 10.2. The summed E-state index contributed by atoms with van der Waals surface area (Å²) < 4.78 is 0.761. The monoisotopic (exact) mass is 281 g/mol. The van der Waals surface area contributed by atoms with E-state index in [1.165, 1.54) is 11.3 Å². The molecular formula is C13H16ClN3S. The van der Waals surface area contributed by atoms with Crippen LogP contribution in [0.1, 0.15) is 25.1 Å². The van der Waals surface area contributed by atoms with Gasteiger partial charge in [-0.05, 0) is 32.4 Å². The Balaban J connectivity index is 2.51. The molecule has 2 aromatic heterocycles. The first kappa shape index (κ1) is 13.3. The predicted octanol–water partition coefficient (Wildman–Crippen LogP) is 4.16. The zero-order chi connectivity index (χ0) is 13.1. The number of rotatable bonds is 4. The first-order chi connectivity index (χ1) is 8.65. The maximum absolute atomic E-state index is 5.96. The molecule has 18 heavy (non-hydrogen) atoms. The molecule has 0 aliphatic carbocycles. The van der Waals surface area contributed by atoms with Crippen molar-refractivity contribution in [2.45, 2.75) is 27.2 Å². The number of aromatic nitrogens is 2. The molecule has 96 valence electrons. The highest BCUT2D eigenvalue weighted by Crippen LogP contribution is 2.30. The number of anilines is 1. The van der Waals surface area contributed by atoms with E-state index in [4.69, 9.17) is 11.6 Å². The highest BCUT2D eigenvalue weighted by atomic mass is 35.5. The van der Waals surface area contributed by atoms with Crippen molar-refractivity contribution in [3.8, 4) is 10.7 Å². The highest BCUT2D eigenvalue weighted by Gasteiger charge is 2.12. The molecular weight excluding hydrogens is 266 g/mol. The third-order valence-electron chi connectivity index (χ3n) is 2.72. The number of hydrogen-bond acceptors (Lipinski definition) is 4. The van der Waals surface area contributed by atoms with Crippen molar-refractivity contribution in [3.05, 3.63) is 27.7 Å². The summed E-state index contributed by atoms with van der Waals surface area (Å²) in [5.41, 5.74) is 2.21. The average Bonchev–Trinajstić information content (AvgIpc) is 2.79. The number of nitrogens with one attached hydrogen (secondary N) is 1. The Hall–Kier alpha value is -1.13. The number of aryl methyl sites for hydroxylation is 1. The molecule has 5 heteroatoms. The Bertz CT molecular complexity index is 551. The molecule has 0 amide bonds. The zero-order valence-electron chi connectivity index (χ0n) is 10.7. The van der Waals surface area contributed by atoms with Crippen molar-refractivity contribution in [2.24, 2.45) is 0 Å². The molecule has 0 saturated heterocycles. The summed E-state index contributed by atoms with van der Waals surface area (Å²) in [5, 5.41) is 3.29. The topological polar surface area (TPSA) is 37.8 Å². The molecule has 1 N–H and O–H groups in total. The van der Waals surface area contributed by atoms with Gasteiger partial charge in [-0.25, -0.2) is 9.97 Å². The van der Waals surface area contributed by atoms with E-state index in [0.717, 1.165) is 45.1 Å². The molecule has 0 aliphatic heterocycles. The van der Waals surface area contributed by atoms with Gasteiger partial charge < -0.3 is 5.32 Å². The molecule has 0 aliphatic rings. The minimum Gasteiger partial charge on any atom is -0.370 e. The Morgan fingerprint density at radius 1 is 1.28 bits per heavy atom. The van der Waals surface area contributed by atoms with Gasteiger partial charge >= 0.3 is 0 Å². The van der Waals surface area contributed by atoms with Gasteiger partial charge in [-0.2, -0.15) is 0 Å². The lowest BCUT2D eigenvalue weighted by molar-refractivity contribution is 0.972. The van der Waals surface area contributed by atoms with Crippen LogP contribution < -0.4 is 5.32 Å². The van der Waals surface area contributed by atoms with E-state index < -0.39 is 0 Å². The zero-order valence-corrected chi connectivity index (χ0v) is 12.3. The maximum atomic E-state index is 5.96. The largest absolute Gasteiger partial charge is 0.370 e. The van der Waals surface area contributed by atoms with Gasteiger partial charge in [0.2, 0.25) is 0 Å². The summed E-state index contributed by atoms with van der Waals surface area (Å²) in [6, 6.07) is 3.84. The van der Waals surface area contributed by atoms with E-state index in [2.05, 4.69) is 36.1 Å². The Morgan fingerprint density at radius 3 is 2.61 bits per heavy atom. The normalized spacial score (nSPS) is 10.7. The van der Waals surface area contributed by atoms with E-state index in [1.807, 2.05) is 12.1 Å². The highest BCUT2D eigenvalue weighted by molar-refractivity contribution is 7.19. The van der Waals surface area contributed by atoms with Crippen LogP contribution in [-0.2, 0) is 6.42 Å². The van der Waals surface area contributed by atoms with E-state index >= 15 is 0 Å². The lowest BCUT2D eigenvalue weighted by Crippen LogP contribution is -2.07. The second-order valence-corrected chi connectivity index (χ2v) is 5.67. The summed E-state index contributed by atoms with van der Waals surface area (Å²) >= 11 is 7.47. The van der Waals surface area contributed by atoms with Crippen LogP contribution in [-0.4, -0.2) is 16.5 Å². The molecule has 3 nitrogen and oxygen atoms in total. The minimum absolute atomic E-state index is 0.755. The molecule has 0 saturated carbocycles.